The van der Waals surface area contributed by atoms with Crippen LogP contribution >= 0.6 is 0 Å². The van der Waals surface area contributed by atoms with E-state index >= 15 is 0 Å². The fourth-order valence-corrected chi connectivity index (χ4v) is 4.63. The van der Waals surface area contributed by atoms with E-state index in [9.17, 15) is 4.79 Å². The number of nitrogens with zero attached hydrogens (tertiary/aromatic N) is 3. The SMILES string of the molecule is CC(NC1CCC(n2nc(-c3ccncc3)ccc2=O)CC1)c1ccc2c(c1)OCCO2. The Labute approximate surface area is 187 Å². The Balaban J connectivity index is 1.22. The quantitative estimate of drug-likeness (QED) is 0.659. The summed E-state index contributed by atoms with van der Waals surface area (Å²) in [5, 5.41) is 8.43. The van der Waals surface area contributed by atoms with Crippen LogP contribution in [-0.4, -0.2) is 34.0 Å². The molecule has 1 aromatic carbocycles. The lowest BCUT2D eigenvalue weighted by atomic mass is 9.90. The van der Waals surface area contributed by atoms with Crippen molar-refractivity contribution in [3.05, 3.63) is 70.8 Å². The molecule has 0 radical (unpaired) electrons. The fraction of sp³-hybridized carbons (Fsp3) is 0.400. The van der Waals surface area contributed by atoms with Gasteiger partial charge in [0.05, 0.1) is 11.7 Å². The highest BCUT2D eigenvalue weighted by Crippen LogP contribution is 2.34. The zero-order valence-electron chi connectivity index (χ0n) is 18.2. The van der Waals surface area contributed by atoms with Crippen molar-refractivity contribution in [3.63, 3.8) is 0 Å². The number of hydrogen-bond donors (Lipinski definition) is 1. The zero-order valence-corrected chi connectivity index (χ0v) is 18.2. The van der Waals surface area contributed by atoms with Crippen LogP contribution in [0.5, 0.6) is 11.5 Å². The second kappa shape index (κ2) is 9.12. The van der Waals surface area contributed by atoms with Crippen molar-refractivity contribution in [1.82, 2.24) is 20.1 Å². The number of ether oxygens (including phenoxy) is 2. The van der Waals surface area contributed by atoms with Gasteiger partial charge in [-0.15, -0.1) is 0 Å². The van der Waals surface area contributed by atoms with Gasteiger partial charge in [-0.1, -0.05) is 6.07 Å². The van der Waals surface area contributed by atoms with Crippen LogP contribution in [0.2, 0.25) is 0 Å². The van der Waals surface area contributed by atoms with Gasteiger partial charge in [0.15, 0.2) is 11.5 Å². The van der Waals surface area contributed by atoms with Crippen molar-refractivity contribution < 1.29 is 9.47 Å². The topological polar surface area (TPSA) is 78.3 Å². The Kier molecular flexibility index (Phi) is 5.90. The van der Waals surface area contributed by atoms with Crippen LogP contribution in [0.4, 0.5) is 0 Å². The minimum Gasteiger partial charge on any atom is -0.486 e. The van der Waals surface area contributed by atoms with Gasteiger partial charge in [-0.2, -0.15) is 5.10 Å². The highest BCUT2D eigenvalue weighted by molar-refractivity contribution is 5.57. The van der Waals surface area contributed by atoms with Gasteiger partial charge in [0.25, 0.3) is 5.56 Å². The number of aromatic nitrogens is 3. The van der Waals surface area contributed by atoms with Crippen LogP contribution in [0.3, 0.4) is 0 Å². The van der Waals surface area contributed by atoms with Gasteiger partial charge >= 0.3 is 0 Å². The first kappa shape index (κ1) is 20.7. The molecule has 0 bridgehead atoms. The largest absolute Gasteiger partial charge is 0.486 e. The molecular formula is C25H28N4O3. The van der Waals surface area contributed by atoms with Gasteiger partial charge < -0.3 is 14.8 Å². The average molecular weight is 433 g/mol. The third-order valence-electron chi connectivity index (χ3n) is 6.40. The average Bonchev–Trinajstić information content (AvgIpc) is 2.85. The maximum absolute atomic E-state index is 12.5. The Hall–Kier alpha value is -3.19. The summed E-state index contributed by atoms with van der Waals surface area (Å²) in [7, 11) is 0. The molecule has 1 saturated carbocycles. The summed E-state index contributed by atoms with van der Waals surface area (Å²) in [5.41, 5.74) is 2.93. The predicted molar refractivity (Wildman–Crippen MR) is 122 cm³/mol. The molecule has 7 heteroatoms. The molecule has 1 aliphatic heterocycles. The van der Waals surface area contributed by atoms with Gasteiger partial charge in [0.2, 0.25) is 0 Å². The predicted octanol–water partition coefficient (Wildman–Crippen LogP) is 3.91. The van der Waals surface area contributed by atoms with Crippen molar-refractivity contribution in [2.75, 3.05) is 13.2 Å². The van der Waals surface area contributed by atoms with E-state index in [4.69, 9.17) is 9.47 Å². The third-order valence-corrected chi connectivity index (χ3v) is 6.40. The zero-order chi connectivity index (χ0) is 21.9. The molecule has 7 nitrogen and oxygen atoms in total. The van der Waals surface area contributed by atoms with Crippen LogP contribution in [0, 0.1) is 0 Å². The van der Waals surface area contributed by atoms with Gasteiger partial charge in [0.1, 0.15) is 13.2 Å². The molecule has 1 aliphatic carbocycles. The molecule has 2 aromatic heterocycles. The standard InChI is InChI=1S/C25H28N4O3/c1-17(19-2-8-23-24(16-19)32-15-14-31-23)27-20-3-5-21(6-4-20)29-25(30)9-7-22(28-29)18-10-12-26-13-11-18/h2,7-13,16-17,20-21,27H,3-6,14-15H2,1H3. The lowest BCUT2D eigenvalue weighted by Gasteiger charge is -2.32. The highest BCUT2D eigenvalue weighted by atomic mass is 16.6. The molecule has 1 atom stereocenters. The number of rotatable bonds is 5. The van der Waals surface area contributed by atoms with Gasteiger partial charge in [-0.25, -0.2) is 4.68 Å². The smallest absolute Gasteiger partial charge is 0.267 e. The summed E-state index contributed by atoms with van der Waals surface area (Å²) >= 11 is 0. The number of hydrogen-bond acceptors (Lipinski definition) is 6. The van der Waals surface area contributed by atoms with Crippen LogP contribution in [0.25, 0.3) is 11.3 Å². The molecule has 1 fully saturated rings. The second-order valence-corrected chi connectivity index (χ2v) is 8.53. The molecule has 32 heavy (non-hydrogen) atoms. The molecule has 0 spiro atoms. The van der Waals surface area contributed by atoms with Crippen molar-refractivity contribution >= 4 is 0 Å². The number of pyridine rings is 1. The number of fused-ring (bicyclic) bond motifs is 1. The maximum Gasteiger partial charge on any atom is 0.267 e. The Morgan fingerprint density at radius 3 is 2.50 bits per heavy atom. The Bertz CT molecular complexity index is 1120. The van der Waals surface area contributed by atoms with E-state index in [1.807, 2.05) is 18.2 Å². The van der Waals surface area contributed by atoms with E-state index in [1.54, 1.807) is 29.2 Å². The highest BCUT2D eigenvalue weighted by Gasteiger charge is 2.25. The van der Waals surface area contributed by atoms with E-state index in [2.05, 4.69) is 34.5 Å². The molecule has 1 unspecified atom stereocenters. The lowest BCUT2D eigenvalue weighted by Crippen LogP contribution is -2.37. The summed E-state index contributed by atoms with van der Waals surface area (Å²) in [6, 6.07) is 14.2. The van der Waals surface area contributed by atoms with Crippen LogP contribution < -0.4 is 20.3 Å². The lowest BCUT2D eigenvalue weighted by molar-refractivity contribution is 0.171. The van der Waals surface area contributed by atoms with Gasteiger partial charge in [-0.3, -0.25) is 9.78 Å². The van der Waals surface area contributed by atoms with E-state index in [0.717, 1.165) is 48.4 Å². The fourth-order valence-electron chi connectivity index (χ4n) is 4.63. The number of benzene rings is 1. The summed E-state index contributed by atoms with van der Waals surface area (Å²) in [5.74, 6) is 1.64. The first-order valence-corrected chi connectivity index (χ1v) is 11.3. The number of nitrogens with one attached hydrogen (secondary N) is 1. The molecule has 5 rings (SSSR count). The molecule has 3 heterocycles. The monoisotopic (exact) mass is 432 g/mol. The van der Waals surface area contributed by atoms with Crippen LogP contribution in [0.1, 0.15) is 50.3 Å². The van der Waals surface area contributed by atoms with E-state index in [1.165, 1.54) is 5.56 Å². The molecule has 166 valence electrons. The van der Waals surface area contributed by atoms with Crippen LogP contribution in [-0.2, 0) is 0 Å². The minimum atomic E-state index is -0.0381. The molecule has 1 N–H and O–H groups in total. The first-order valence-electron chi connectivity index (χ1n) is 11.3. The summed E-state index contributed by atoms with van der Waals surface area (Å²) in [4.78, 5) is 16.6. The van der Waals surface area contributed by atoms with Crippen molar-refractivity contribution in [2.24, 2.45) is 0 Å². The summed E-state index contributed by atoms with van der Waals surface area (Å²) in [6.45, 7) is 3.38. The third kappa shape index (κ3) is 4.39. The van der Waals surface area contributed by atoms with Crippen molar-refractivity contribution in [2.45, 2.75) is 50.7 Å². The minimum absolute atomic E-state index is 0.0381. The van der Waals surface area contributed by atoms with Crippen molar-refractivity contribution in [3.8, 4) is 22.8 Å². The molecule has 0 saturated heterocycles. The molecule has 3 aromatic rings. The van der Waals surface area contributed by atoms with Gasteiger partial charge in [-0.05, 0) is 68.5 Å². The second-order valence-electron chi connectivity index (χ2n) is 8.53. The van der Waals surface area contributed by atoms with Crippen molar-refractivity contribution in [1.29, 1.82) is 0 Å². The first-order chi connectivity index (χ1) is 15.7. The Morgan fingerprint density at radius 2 is 1.72 bits per heavy atom. The normalized spacial score (nSPS) is 21.2. The maximum atomic E-state index is 12.5. The summed E-state index contributed by atoms with van der Waals surface area (Å²) in [6.07, 6.45) is 7.36. The van der Waals surface area contributed by atoms with Crippen LogP contribution in [0.15, 0.2) is 59.7 Å². The Morgan fingerprint density at radius 1 is 0.969 bits per heavy atom. The molecular weight excluding hydrogens is 404 g/mol. The summed E-state index contributed by atoms with van der Waals surface area (Å²) < 4.78 is 13.0. The van der Waals surface area contributed by atoms with E-state index < -0.39 is 0 Å². The molecule has 0 amide bonds. The molecule has 2 aliphatic rings. The van der Waals surface area contributed by atoms with Gasteiger partial charge in [0, 0.05) is 36.1 Å². The van der Waals surface area contributed by atoms with E-state index in [-0.39, 0.29) is 17.6 Å². The van der Waals surface area contributed by atoms with E-state index in [0.29, 0.717) is 19.3 Å².